The summed E-state index contributed by atoms with van der Waals surface area (Å²) in [6.07, 6.45) is 0. The third kappa shape index (κ3) is 5.08. The molecule has 2 nitrogen and oxygen atoms in total. The van der Waals surface area contributed by atoms with Gasteiger partial charge in [0.25, 0.3) is 0 Å². The summed E-state index contributed by atoms with van der Waals surface area (Å²) in [5.41, 5.74) is 10.5. The van der Waals surface area contributed by atoms with Gasteiger partial charge in [-0.2, -0.15) is 0 Å². The lowest BCUT2D eigenvalue weighted by Crippen LogP contribution is -2.10. The first-order valence-corrected chi connectivity index (χ1v) is 17.3. The highest BCUT2D eigenvalue weighted by Crippen LogP contribution is 2.46. The highest BCUT2D eigenvalue weighted by atomic mass is 32.1. The fourth-order valence-corrected chi connectivity index (χ4v) is 8.55. The van der Waals surface area contributed by atoms with E-state index < -0.39 is 0 Å². The van der Waals surface area contributed by atoms with Crippen molar-refractivity contribution in [2.45, 2.75) is 0 Å². The average Bonchev–Trinajstić information content (AvgIpc) is 3.73. The zero-order chi connectivity index (χ0) is 31.2. The van der Waals surface area contributed by atoms with Crippen LogP contribution in [0.3, 0.4) is 0 Å². The first kappa shape index (κ1) is 27.7. The van der Waals surface area contributed by atoms with E-state index in [0.717, 1.165) is 27.5 Å². The molecule has 47 heavy (non-hydrogen) atoms. The zero-order valence-corrected chi connectivity index (χ0v) is 27.0. The Morgan fingerprint density at radius 1 is 0.404 bits per heavy atom. The molecule has 0 spiro atoms. The van der Waals surface area contributed by atoms with Crippen LogP contribution in [0.5, 0.6) is 0 Å². The van der Waals surface area contributed by atoms with Crippen molar-refractivity contribution < 1.29 is 0 Å². The van der Waals surface area contributed by atoms with E-state index in [-0.39, 0.29) is 0 Å². The fraction of sp³-hybridized carbons (Fsp3) is 0. The summed E-state index contributed by atoms with van der Waals surface area (Å²) < 4.78 is 3.74. The van der Waals surface area contributed by atoms with Crippen LogP contribution in [0.1, 0.15) is 0 Å². The Balaban J connectivity index is 1.15. The van der Waals surface area contributed by atoms with E-state index in [1.165, 1.54) is 52.8 Å². The molecule has 2 heterocycles. The highest BCUT2D eigenvalue weighted by Gasteiger charge is 2.19. The molecule has 0 bridgehead atoms. The van der Waals surface area contributed by atoms with Crippen LogP contribution < -0.4 is 4.90 Å². The lowest BCUT2D eigenvalue weighted by atomic mass is 10.00. The highest BCUT2D eigenvalue weighted by molar-refractivity contribution is 7.26. The normalized spacial score (nSPS) is 11.4. The van der Waals surface area contributed by atoms with Crippen LogP contribution in [-0.2, 0) is 0 Å². The number of nitrogens with zero attached hydrogens (tertiary/aromatic N) is 2. The monoisotopic (exact) mass is 636 g/mol. The second-order valence-electron chi connectivity index (χ2n) is 11.6. The topological polar surface area (TPSA) is 16.1 Å². The molecule has 0 unspecified atom stereocenters. The molecule has 0 N–H and O–H groups in total. The molecule has 9 rings (SSSR count). The Morgan fingerprint density at radius 2 is 0.957 bits per heavy atom. The van der Waals surface area contributed by atoms with Gasteiger partial charge in [-0.05, 0) is 70.8 Å². The van der Waals surface area contributed by atoms with E-state index in [0.29, 0.717) is 0 Å². The van der Waals surface area contributed by atoms with E-state index in [2.05, 4.69) is 175 Å². The van der Waals surface area contributed by atoms with Gasteiger partial charge in [-0.15, -0.1) is 22.7 Å². The van der Waals surface area contributed by atoms with Crippen LogP contribution in [0.4, 0.5) is 17.1 Å². The second kappa shape index (κ2) is 11.7. The first-order valence-electron chi connectivity index (χ1n) is 15.7. The maximum Gasteiger partial charge on any atom is 0.124 e. The molecule has 0 aliphatic heterocycles. The smallest absolute Gasteiger partial charge is 0.124 e. The number of rotatable bonds is 6. The molecule has 9 aromatic rings. The molecule has 222 valence electrons. The van der Waals surface area contributed by atoms with Gasteiger partial charge in [0.15, 0.2) is 0 Å². The Labute approximate surface area is 281 Å². The number of fused-ring (bicyclic) bond motifs is 4. The van der Waals surface area contributed by atoms with Crippen molar-refractivity contribution in [3.63, 3.8) is 0 Å². The number of anilines is 3. The van der Waals surface area contributed by atoms with E-state index in [9.17, 15) is 0 Å². The van der Waals surface area contributed by atoms with Crippen LogP contribution in [0.2, 0.25) is 0 Å². The molecule has 0 saturated heterocycles. The van der Waals surface area contributed by atoms with E-state index in [4.69, 9.17) is 4.98 Å². The summed E-state index contributed by atoms with van der Waals surface area (Å²) in [6, 6.07) is 60.8. The van der Waals surface area contributed by atoms with Gasteiger partial charge >= 0.3 is 0 Å². The van der Waals surface area contributed by atoms with E-state index in [1.54, 1.807) is 11.3 Å². The molecule has 0 aliphatic rings. The standard InChI is InChI=1S/C43H28N2S2/c1-4-11-29(12-5-1)30-19-21-31(22-20-30)32-23-25-35(26-24-32)45(34-15-8-3-9-16-34)38-17-10-18-39-42(38)36-27-41-37(28-40(36)46-39)44-43(47-41)33-13-6-2-7-14-33/h1-28H. The maximum atomic E-state index is 5.02. The van der Waals surface area contributed by atoms with Crippen molar-refractivity contribution in [2.75, 3.05) is 4.90 Å². The lowest BCUT2D eigenvalue weighted by molar-refractivity contribution is 1.30. The number of aromatic nitrogens is 1. The van der Waals surface area contributed by atoms with Crippen LogP contribution in [0.15, 0.2) is 170 Å². The van der Waals surface area contributed by atoms with Gasteiger partial charge in [0.2, 0.25) is 0 Å². The number of benzene rings is 7. The van der Waals surface area contributed by atoms with Crippen molar-refractivity contribution >= 4 is 70.1 Å². The van der Waals surface area contributed by atoms with Crippen LogP contribution in [0, 0.1) is 0 Å². The molecule has 4 heteroatoms. The minimum absolute atomic E-state index is 1.06. The summed E-state index contributed by atoms with van der Waals surface area (Å²) in [6.45, 7) is 0. The summed E-state index contributed by atoms with van der Waals surface area (Å²) >= 11 is 3.60. The van der Waals surface area contributed by atoms with Crippen molar-refractivity contribution in [1.82, 2.24) is 4.98 Å². The van der Waals surface area contributed by atoms with Crippen LogP contribution >= 0.6 is 22.7 Å². The number of para-hydroxylation sites is 1. The van der Waals surface area contributed by atoms with Crippen molar-refractivity contribution in [3.05, 3.63) is 170 Å². The number of hydrogen-bond donors (Lipinski definition) is 0. The summed E-state index contributed by atoms with van der Waals surface area (Å²) in [7, 11) is 0. The van der Waals surface area contributed by atoms with Crippen LogP contribution in [-0.4, -0.2) is 4.98 Å². The van der Waals surface area contributed by atoms with Gasteiger partial charge in [0.1, 0.15) is 5.01 Å². The van der Waals surface area contributed by atoms with Crippen molar-refractivity contribution in [2.24, 2.45) is 0 Å². The largest absolute Gasteiger partial charge is 0.310 e. The Hall–Kier alpha value is -5.55. The Morgan fingerprint density at radius 3 is 1.62 bits per heavy atom. The summed E-state index contributed by atoms with van der Waals surface area (Å²) in [4.78, 5) is 7.42. The molecule has 7 aromatic carbocycles. The lowest BCUT2D eigenvalue weighted by Gasteiger charge is -2.26. The molecule has 0 fully saturated rings. The predicted molar refractivity (Wildman–Crippen MR) is 203 cm³/mol. The van der Waals surface area contributed by atoms with Crippen molar-refractivity contribution in [3.8, 4) is 32.8 Å². The van der Waals surface area contributed by atoms with E-state index in [1.807, 2.05) is 11.3 Å². The minimum Gasteiger partial charge on any atom is -0.310 e. The zero-order valence-electron chi connectivity index (χ0n) is 25.4. The number of hydrogen-bond acceptors (Lipinski definition) is 4. The van der Waals surface area contributed by atoms with Gasteiger partial charge in [-0.25, -0.2) is 4.98 Å². The second-order valence-corrected chi connectivity index (χ2v) is 13.7. The average molecular weight is 637 g/mol. The molecule has 0 saturated carbocycles. The number of thiophene rings is 1. The predicted octanol–water partition coefficient (Wildman–Crippen LogP) is 13.1. The molecular weight excluding hydrogens is 609 g/mol. The maximum absolute atomic E-state index is 5.02. The van der Waals surface area contributed by atoms with Gasteiger partial charge in [-0.3, -0.25) is 0 Å². The molecule has 0 atom stereocenters. The third-order valence-corrected chi connectivity index (χ3v) is 10.9. The molecule has 2 aromatic heterocycles. The van der Waals surface area contributed by atoms with Gasteiger partial charge in [-0.1, -0.05) is 121 Å². The van der Waals surface area contributed by atoms with Crippen LogP contribution in [0.25, 0.3) is 63.2 Å². The fourth-order valence-electron chi connectivity index (χ4n) is 6.41. The SMILES string of the molecule is c1ccc(-c2ccc(-c3ccc(N(c4ccccc4)c4cccc5sc6cc7nc(-c8ccccc8)sc7cc6c45)cc3)cc2)cc1. The van der Waals surface area contributed by atoms with Gasteiger partial charge in [0, 0.05) is 37.1 Å². The molecule has 0 radical (unpaired) electrons. The van der Waals surface area contributed by atoms with Gasteiger partial charge < -0.3 is 4.90 Å². The minimum atomic E-state index is 1.06. The Kier molecular flexibility index (Phi) is 6.89. The van der Waals surface area contributed by atoms with Crippen molar-refractivity contribution in [1.29, 1.82) is 0 Å². The quantitative estimate of drug-likeness (QED) is 0.181. The molecule has 0 aliphatic carbocycles. The summed E-state index contributed by atoms with van der Waals surface area (Å²) in [5.74, 6) is 0. The Bertz CT molecular complexity index is 2480. The first-order chi connectivity index (χ1) is 23.3. The molecular formula is C43H28N2S2. The molecule has 0 amide bonds. The van der Waals surface area contributed by atoms with E-state index >= 15 is 0 Å². The number of thiazole rings is 1. The summed E-state index contributed by atoms with van der Waals surface area (Å²) in [5, 5.41) is 3.60. The third-order valence-electron chi connectivity index (χ3n) is 8.71. The van der Waals surface area contributed by atoms with Gasteiger partial charge in [0.05, 0.1) is 15.9 Å².